The highest BCUT2D eigenvalue weighted by atomic mass is 79.9. The highest BCUT2D eigenvalue weighted by Crippen LogP contribution is 2.23. The zero-order chi connectivity index (χ0) is 14.2. The van der Waals surface area contributed by atoms with Gasteiger partial charge in [-0.2, -0.15) is 0 Å². The van der Waals surface area contributed by atoms with Gasteiger partial charge in [0.15, 0.2) is 0 Å². The van der Waals surface area contributed by atoms with Crippen molar-refractivity contribution >= 4 is 27.3 Å². The average molecular weight is 353 g/mol. The van der Waals surface area contributed by atoms with Gasteiger partial charge in [-0.25, -0.2) is 0 Å². The van der Waals surface area contributed by atoms with Crippen molar-refractivity contribution in [2.75, 3.05) is 6.54 Å². The summed E-state index contributed by atoms with van der Waals surface area (Å²) in [6.45, 7) is 3.30. The Kier molecular flexibility index (Phi) is 6.70. The molecule has 0 spiro atoms. The van der Waals surface area contributed by atoms with Crippen molar-refractivity contribution in [1.82, 2.24) is 10.3 Å². The van der Waals surface area contributed by atoms with Crippen LogP contribution in [-0.4, -0.2) is 17.6 Å². The normalized spacial score (nSPS) is 12.5. The van der Waals surface area contributed by atoms with Crippen molar-refractivity contribution < 1.29 is 0 Å². The molecule has 20 heavy (non-hydrogen) atoms. The Bertz CT molecular complexity index is 498. The van der Waals surface area contributed by atoms with Crippen molar-refractivity contribution in [2.24, 2.45) is 0 Å². The fourth-order valence-corrected chi connectivity index (χ4v) is 3.78. The lowest BCUT2D eigenvalue weighted by Crippen LogP contribution is -2.32. The van der Waals surface area contributed by atoms with Crippen LogP contribution in [0.25, 0.3) is 0 Å². The maximum absolute atomic E-state index is 4.19. The molecular weight excluding hydrogens is 332 g/mol. The minimum Gasteiger partial charge on any atom is -0.314 e. The molecule has 2 rings (SSSR count). The van der Waals surface area contributed by atoms with E-state index >= 15 is 0 Å². The summed E-state index contributed by atoms with van der Waals surface area (Å²) in [5.41, 5.74) is 1.32. The van der Waals surface area contributed by atoms with Gasteiger partial charge in [-0.15, -0.1) is 11.3 Å². The number of nitrogens with zero attached hydrogens (tertiary/aromatic N) is 1. The number of aromatic nitrogens is 1. The second-order valence-corrected chi connectivity index (χ2v) is 7.51. The molecule has 1 atom stereocenters. The van der Waals surface area contributed by atoms with E-state index in [1.165, 1.54) is 20.6 Å². The van der Waals surface area contributed by atoms with Crippen LogP contribution in [0.4, 0.5) is 0 Å². The standard InChI is InChI=1S/C16H21BrN2S/c1-2-9-19-14(11-15-7-8-16(17)20-15)6-5-13-4-3-10-18-12-13/h3-4,7-8,10,12,14,19H,2,5-6,9,11H2,1H3. The van der Waals surface area contributed by atoms with E-state index in [-0.39, 0.29) is 0 Å². The summed E-state index contributed by atoms with van der Waals surface area (Å²) in [6, 6.07) is 9.07. The van der Waals surface area contributed by atoms with Gasteiger partial charge in [0.25, 0.3) is 0 Å². The SMILES string of the molecule is CCCNC(CCc1cccnc1)Cc1ccc(Br)s1. The number of nitrogens with one attached hydrogen (secondary N) is 1. The third-order valence-corrected chi connectivity index (χ3v) is 4.91. The molecule has 0 aromatic carbocycles. The number of aryl methyl sites for hydroxylation is 1. The summed E-state index contributed by atoms with van der Waals surface area (Å²) in [5, 5.41) is 3.67. The second-order valence-electron chi connectivity index (χ2n) is 4.96. The van der Waals surface area contributed by atoms with Crippen LogP contribution in [0.3, 0.4) is 0 Å². The molecule has 0 radical (unpaired) electrons. The molecule has 2 aromatic heterocycles. The highest BCUT2D eigenvalue weighted by Gasteiger charge is 2.10. The fourth-order valence-electron chi connectivity index (χ4n) is 2.22. The number of rotatable bonds is 8. The maximum Gasteiger partial charge on any atom is 0.0701 e. The molecule has 1 unspecified atom stereocenters. The minimum absolute atomic E-state index is 0.542. The van der Waals surface area contributed by atoms with Crippen molar-refractivity contribution in [1.29, 1.82) is 0 Å². The van der Waals surface area contributed by atoms with Gasteiger partial charge >= 0.3 is 0 Å². The Hall–Kier alpha value is -0.710. The van der Waals surface area contributed by atoms with Crippen molar-refractivity contribution in [3.05, 3.63) is 50.9 Å². The Morgan fingerprint density at radius 2 is 2.25 bits per heavy atom. The maximum atomic E-state index is 4.19. The highest BCUT2D eigenvalue weighted by molar-refractivity contribution is 9.11. The van der Waals surface area contributed by atoms with E-state index in [2.05, 4.69) is 51.4 Å². The summed E-state index contributed by atoms with van der Waals surface area (Å²) >= 11 is 5.38. The van der Waals surface area contributed by atoms with E-state index in [1.54, 1.807) is 0 Å². The third-order valence-electron chi connectivity index (χ3n) is 3.26. The van der Waals surface area contributed by atoms with Crippen molar-refractivity contribution in [3.8, 4) is 0 Å². The van der Waals surface area contributed by atoms with E-state index in [9.17, 15) is 0 Å². The Labute approximate surface area is 133 Å². The first-order valence-electron chi connectivity index (χ1n) is 7.14. The molecule has 0 saturated heterocycles. The van der Waals surface area contributed by atoms with Gasteiger partial charge in [-0.05, 0) is 71.9 Å². The average Bonchev–Trinajstić information content (AvgIpc) is 2.88. The lowest BCUT2D eigenvalue weighted by molar-refractivity contribution is 0.480. The first-order valence-corrected chi connectivity index (χ1v) is 8.75. The van der Waals surface area contributed by atoms with E-state index in [4.69, 9.17) is 0 Å². The molecule has 0 aliphatic heterocycles. The largest absolute Gasteiger partial charge is 0.314 e. The van der Waals surface area contributed by atoms with Gasteiger partial charge in [-0.1, -0.05) is 13.0 Å². The zero-order valence-corrected chi connectivity index (χ0v) is 14.2. The topological polar surface area (TPSA) is 24.9 Å². The first kappa shape index (κ1) is 15.7. The minimum atomic E-state index is 0.542. The van der Waals surface area contributed by atoms with Crippen LogP contribution >= 0.6 is 27.3 Å². The summed E-state index contributed by atoms with van der Waals surface area (Å²) in [7, 11) is 0. The third kappa shape index (κ3) is 5.35. The number of halogens is 1. The smallest absolute Gasteiger partial charge is 0.0701 e. The lowest BCUT2D eigenvalue weighted by atomic mass is 10.0. The second kappa shape index (κ2) is 8.55. The Balaban J connectivity index is 1.89. The van der Waals surface area contributed by atoms with E-state index in [1.807, 2.05) is 29.8 Å². The van der Waals surface area contributed by atoms with Crippen LogP contribution in [0.2, 0.25) is 0 Å². The molecular formula is C16H21BrN2S. The fraction of sp³-hybridized carbons (Fsp3) is 0.438. The predicted octanol–water partition coefficient (Wildman–Crippen LogP) is 4.45. The van der Waals surface area contributed by atoms with Gasteiger partial charge in [0.1, 0.15) is 0 Å². The van der Waals surface area contributed by atoms with Crippen LogP contribution in [0.5, 0.6) is 0 Å². The van der Waals surface area contributed by atoms with Crippen molar-refractivity contribution in [3.63, 3.8) is 0 Å². The number of thiophene rings is 1. The number of pyridine rings is 1. The van der Waals surface area contributed by atoms with Gasteiger partial charge in [0.2, 0.25) is 0 Å². The van der Waals surface area contributed by atoms with Crippen LogP contribution in [0.1, 0.15) is 30.2 Å². The number of hydrogen-bond donors (Lipinski definition) is 1. The van der Waals surface area contributed by atoms with Gasteiger partial charge in [0.05, 0.1) is 3.79 Å². The molecule has 0 fully saturated rings. The van der Waals surface area contributed by atoms with Crippen LogP contribution in [0.15, 0.2) is 40.4 Å². The summed E-state index contributed by atoms with van der Waals surface area (Å²) < 4.78 is 1.22. The molecule has 0 aliphatic rings. The summed E-state index contributed by atoms with van der Waals surface area (Å²) in [6.07, 6.45) is 8.33. The molecule has 2 aromatic rings. The molecule has 1 N–H and O–H groups in total. The Morgan fingerprint density at radius 1 is 1.35 bits per heavy atom. The molecule has 2 nitrogen and oxygen atoms in total. The van der Waals surface area contributed by atoms with Crippen LogP contribution < -0.4 is 5.32 Å². The zero-order valence-electron chi connectivity index (χ0n) is 11.8. The molecule has 2 heterocycles. The quantitative estimate of drug-likeness (QED) is 0.758. The predicted molar refractivity (Wildman–Crippen MR) is 90.4 cm³/mol. The van der Waals surface area contributed by atoms with E-state index < -0.39 is 0 Å². The van der Waals surface area contributed by atoms with Gasteiger partial charge in [-0.3, -0.25) is 4.98 Å². The first-order chi connectivity index (χ1) is 9.78. The van der Waals surface area contributed by atoms with Crippen LogP contribution in [0, 0.1) is 0 Å². The van der Waals surface area contributed by atoms with E-state index in [0.29, 0.717) is 6.04 Å². The summed E-state index contributed by atoms with van der Waals surface area (Å²) in [5.74, 6) is 0. The molecule has 108 valence electrons. The number of hydrogen-bond acceptors (Lipinski definition) is 3. The Morgan fingerprint density at radius 3 is 2.90 bits per heavy atom. The van der Waals surface area contributed by atoms with Crippen LogP contribution in [-0.2, 0) is 12.8 Å². The monoisotopic (exact) mass is 352 g/mol. The van der Waals surface area contributed by atoms with Crippen molar-refractivity contribution in [2.45, 2.75) is 38.6 Å². The lowest BCUT2D eigenvalue weighted by Gasteiger charge is -2.17. The molecule has 4 heteroatoms. The molecule has 0 saturated carbocycles. The molecule has 0 bridgehead atoms. The van der Waals surface area contributed by atoms with E-state index in [0.717, 1.165) is 25.8 Å². The summed E-state index contributed by atoms with van der Waals surface area (Å²) in [4.78, 5) is 5.63. The van der Waals surface area contributed by atoms with Gasteiger partial charge < -0.3 is 5.32 Å². The molecule has 0 amide bonds. The van der Waals surface area contributed by atoms with Gasteiger partial charge in [0, 0.05) is 23.3 Å². The molecule has 0 aliphatic carbocycles.